The maximum absolute atomic E-state index is 10.5. The molecular weight excluding hydrogens is 472 g/mol. The highest BCUT2D eigenvalue weighted by Crippen LogP contribution is 2.26. The Hall–Kier alpha value is -0.640. The largest absolute Gasteiger partial charge is 0.394 e. The monoisotopic (exact) mass is 506 g/mol. The Kier molecular flexibility index (Phi) is 11.4. The maximum Gasteiger partial charge on any atom is 0.187 e. The van der Waals surface area contributed by atoms with Crippen molar-refractivity contribution in [3.05, 3.63) is 0 Å². The van der Waals surface area contributed by atoms with Gasteiger partial charge < -0.3 is 80.2 Å². The first kappa shape index (κ1) is 29.6. The molecule has 0 amide bonds. The minimum Gasteiger partial charge on any atom is -0.394 e. The van der Waals surface area contributed by atoms with Gasteiger partial charge in [0.15, 0.2) is 12.6 Å². The highest BCUT2D eigenvalue weighted by molar-refractivity contribution is 4.92. The predicted molar refractivity (Wildman–Crippen MR) is 103 cm³/mol. The topological polar surface area (TPSA) is 280 Å². The Balaban J connectivity index is 2.12. The average Bonchev–Trinajstić information content (AvgIpc) is 2.84. The number of aliphatic hydroxyl groups is 12. The predicted octanol–water partition coefficient (Wildman–Crippen LogP) is -7.94. The normalized spacial score (nSPS) is 42.7. The van der Waals surface area contributed by atoms with Crippen LogP contribution in [0.2, 0.25) is 0 Å². The number of aliphatic hydroxyl groups excluding tert-OH is 12. The zero-order chi connectivity index (χ0) is 25.7. The first-order valence-electron chi connectivity index (χ1n) is 10.5. The minimum atomic E-state index is -2.02. The summed E-state index contributed by atoms with van der Waals surface area (Å²) in [5.74, 6) is 0. The summed E-state index contributed by atoms with van der Waals surface area (Å²) in [6.45, 7) is -3.33. The van der Waals surface area contributed by atoms with Gasteiger partial charge in [0.1, 0.15) is 73.2 Å². The van der Waals surface area contributed by atoms with Crippen molar-refractivity contribution in [2.75, 3.05) is 26.4 Å². The van der Waals surface area contributed by atoms with Crippen LogP contribution in [0, 0.1) is 0 Å². The van der Waals surface area contributed by atoms with E-state index in [1.165, 1.54) is 0 Å². The van der Waals surface area contributed by atoms with Gasteiger partial charge in [0.25, 0.3) is 0 Å². The van der Waals surface area contributed by atoms with Crippen LogP contribution in [-0.4, -0.2) is 174 Å². The highest BCUT2D eigenvalue weighted by Gasteiger charge is 2.48. The van der Waals surface area contributed by atoms with Gasteiger partial charge in [0, 0.05) is 0 Å². The zero-order valence-electron chi connectivity index (χ0n) is 17.9. The fraction of sp³-hybridized carbons (Fsp3) is 1.00. The highest BCUT2D eigenvalue weighted by atomic mass is 16.7. The van der Waals surface area contributed by atoms with Gasteiger partial charge in [-0.3, -0.25) is 0 Å². The van der Waals surface area contributed by atoms with E-state index in [4.69, 9.17) is 24.1 Å². The minimum absolute atomic E-state index is 0.738. The quantitative estimate of drug-likeness (QED) is 0.124. The summed E-state index contributed by atoms with van der Waals surface area (Å²) >= 11 is 0. The van der Waals surface area contributed by atoms with Crippen LogP contribution in [0.4, 0.5) is 0 Å². The number of rotatable bonds is 11. The van der Waals surface area contributed by atoms with Gasteiger partial charge in [-0.2, -0.15) is 0 Å². The number of ether oxygens (including phenoxy) is 4. The van der Waals surface area contributed by atoms with Gasteiger partial charge in [-0.05, 0) is 0 Å². The molecule has 0 aromatic heterocycles. The van der Waals surface area contributed by atoms with E-state index in [-0.39, 0.29) is 0 Å². The number of hydrogen-bond acceptors (Lipinski definition) is 16. The third-order valence-electron chi connectivity index (χ3n) is 5.72. The average molecular weight is 506 g/mol. The van der Waals surface area contributed by atoms with E-state index in [0.29, 0.717) is 0 Å². The third kappa shape index (κ3) is 6.56. The van der Waals surface area contributed by atoms with Crippen LogP contribution >= 0.6 is 0 Å². The first-order valence-corrected chi connectivity index (χ1v) is 10.5. The molecule has 2 rings (SSSR count). The molecule has 0 aromatic rings. The van der Waals surface area contributed by atoms with E-state index in [1.807, 2.05) is 0 Å². The molecule has 0 aliphatic carbocycles. The third-order valence-corrected chi connectivity index (χ3v) is 5.72. The molecule has 2 aliphatic heterocycles. The van der Waals surface area contributed by atoms with Crippen molar-refractivity contribution >= 4 is 0 Å². The molecule has 0 spiro atoms. The molecule has 2 heterocycles. The molecule has 12 N–H and O–H groups in total. The summed E-state index contributed by atoms with van der Waals surface area (Å²) in [5.41, 5.74) is 0. The first-order chi connectivity index (χ1) is 16.0. The molecule has 2 aliphatic rings. The van der Waals surface area contributed by atoms with Crippen LogP contribution in [-0.2, 0) is 18.9 Å². The van der Waals surface area contributed by atoms with Crippen LogP contribution in [0.15, 0.2) is 0 Å². The van der Waals surface area contributed by atoms with Crippen molar-refractivity contribution in [2.45, 2.75) is 85.8 Å². The molecule has 202 valence electrons. The van der Waals surface area contributed by atoms with Gasteiger partial charge >= 0.3 is 0 Å². The van der Waals surface area contributed by atoms with Gasteiger partial charge in [0.05, 0.1) is 26.4 Å². The summed E-state index contributed by atoms with van der Waals surface area (Å²) in [4.78, 5) is 0. The van der Waals surface area contributed by atoms with E-state index < -0.39 is 112 Å². The summed E-state index contributed by atoms with van der Waals surface area (Å²) < 4.78 is 20.8. The second kappa shape index (κ2) is 13.1. The molecule has 0 aromatic carbocycles. The molecule has 16 nitrogen and oxygen atoms in total. The van der Waals surface area contributed by atoms with Crippen molar-refractivity contribution in [3.63, 3.8) is 0 Å². The smallest absolute Gasteiger partial charge is 0.187 e. The lowest BCUT2D eigenvalue weighted by Gasteiger charge is -2.43. The number of hydrogen-bond donors (Lipinski definition) is 12. The molecule has 0 radical (unpaired) electrons. The van der Waals surface area contributed by atoms with E-state index >= 15 is 0 Å². The SMILES string of the molecule is OC[C@H](O)[C@@H](O)[C@H](O[C@@H]1O[C@H](CO)[C@H](O)[C@H](O)[C@H]1O)[C@H](O)CO[C@@H]1O[C@H](CO)[C@H](O)[C@H](O)[C@H]1O. The van der Waals surface area contributed by atoms with Gasteiger partial charge in [-0.15, -0.1) is 0 Å². The zero-order valence-corrected chi connectivity index (χ0v) is 17.9. The molecule has 0 unspecified atom stereocenters. The van der Waals surface area contributed by atoms with Crippen LogP contribution in [0.3, 0.4) is 0 Å². The lowest BCUT2D eigenvalue weighted by molar-refractivity contribution is -0.333. The van der Waals surface area contributed by atoms with Crippen LogP contribution < -0.4 is 0 Å². The van der Waals surface area contributed by atoms with E-state index in [2.05, 4.69) is 0 Å². The molecular formula is C18H34O16. The van der Waals surface area contributed by atoms with Crippen LogP contribution in [0.1, 0.15) is 0 Å². The Morgan fingerprint density at radius 1 is 0.618 bits per heavy atom. The van der Waals surface area contributed by atoms with Crippen molar-refractivity contribution in [1.82, 2.24) is 0 Å². The van der Waals surface area contributed by atoms with Crippen LogP contribution in [0.25, 0.3) is 0 Å². The van der Waals surface area contributed by atoms with Gasteiger partial charge in [-0.25, -0.2) is 0 Å². The van der Waals surface area contributed by atoms with Crippen molar-refractivity contribution < 1.29 is 80.2 Å². The maximum atomic E-state index is 10.5. The van der Waals surface area contributed by atoms with E-state index in [0.717, 1.165) is 0 Å². The fourth-order valence-electron chi connectivity index (χ4n) is 3.55. The fourth-order valence-corrected chi connectivity index (χ4v) is 3.55. The van der Waals surface area contributed by atoms with Gasteiger partial charge in [0.2, 0.25) is 0 Å². The van der Waals surface area contributed by atoms with Crippen LogP contribution in [0.5, 0.6) is 0 Å². The van der Waals surface area contributed by atoms with Crippen molar-refractivity contribution in [1.29, 1.82) is 0 Å². The summed E-state index contributed by atoms with van der Waals surface area (Å²) in [6, 6.07) is 0. The Bertz CT molecular complexity index is 594. The Morgan fingerprint density at radius 3 is 1.56 bits per heavy atom. The summed E-state index contributed by atoms with van der Waals surface area (Å²) in [7, 11) is 0. The van der Waals surface area contributed by atoms with E-state index in [9.17, 15) is 56.2 Å². The summed E-state index contributed by atoms with van der Waals surface area (Å²) in [5, 5.41) is 118. The lowest BCUT2D eigenvalue weighted by atomic mass is 9.98. The van der Waals surface area contributed by atoms with Crippen molar-refractivity contribution in [2.24, 2.45) is 0 Å². The molecule has 14 atom stereocenters. The summed E-state index contributed by atoms with van der Waals surface area (Å²) in [6.07, 6.45) is -24.5. The Morgan fingerprint density at radius 2 is 1.09 bits per heavy atom. The lowest BCUT2D eigenvalue weighted by Crippen LogP contribution is -2.62. The molecule has 0 saturated carbocycles. The Labute approximate surface area is 193 Å². The molecule has 0 bridgehead atoms. The molecule has 34 heavy (non-hydrogen) atoms. The molecule has 16 heteroatoms. The van der Waals surface area contributed by atoms with E-state index in [1.54, 1.807) is 0 Å². The molecule has 2 saturated heterocycles. The standard InChI is InChI=1S/C18H34O16/c19-1-5(22)9(24)16(34-18-15(30)13(28)11(26)8(3-21)33-18)6(23)4-31-17-14(29)12(27)10(25)7(2-20)32-17/h5-30H,1-4H2/t5-,6+,7+,8+,9+,10-,11-,12-,13-,14+,15+,16+,17+,18-/m0/s1. The molecule has 2 fully saturated rings. The second-order valence-corrected chi connectivity index (χ2v) is 8.14. The van der Waals surface area contributed by atoms with Gasteiger partial charge in [-0.1, -0.05) is 0 Å². The second-order valence-electron chi connectivity index (χ2n) is 8.14. The van der Waals surface area contributed by atoms with Crippen molar-refractivity contribution in [3.8, 4) is 0 Å².